The summed E-state index contributed by atoms with van der Waals surface area (Å²) in [5.74, 6) is 1.52. The van der Waals surface area contributed by atoms with E-state index in [9.17, 15) is 0 Å². The van der Waals surface area contributed by atoms with Gasteiger partial charge in [-0.25, -0.2) is 9.97 Å². The Kier molecular flexibility index (Phi) is 5.28. The third-order valence-electron chi connectivity index (χ3n) is 4.97. The van der Waals surface area contributed by atoms with Crippen molar-refractivity contribution in [2.75, 3.05) is 12.4 Å². The van der Waals surface area contributed by atoms with E-state index < -0.39 is 0 Å². The van der Waals surface area contributed by atoms with Gasteiger partial charge in [-0.05, 0) is 56.2 Å². The van der Waals surface area contributed by atoms with E-state index in [0.717, 1.165) is 40.4 Å². The first-order valence-electron chi connectivity index (χ1n) is 9.72. The molecule has 1 aliphatic rings. The van der Waals surface area contributed by atoms with Crippen LogP contribution in [-0.2, 0) is 0 Å². The molecule has 1 aromatic carbocycles. The van der Waals surface area contributed by atoms with Crippen molar-refractivity contribution in [2.45, 2.75) is 38.3 Å². The molecule has 0 aliphatic carbocycles. The van der Waals surface area contributed by atoms with Gasteiger partial charge in [0.05, 0.1) is 17.7 Å². The zero-order valence-electron chi connectivity index (χ0n) is 17.0. The molecular formula is C23H26N4OS. The van der Waals surface area contributed by atoms with Crippen molar-refractivity contribution in [3.8, 4) is 26.8 Å². The fourth-order valence-corrected chi connectivity index (χ4v) is 4.80. The SMILES string of the molecule is C=C1CC(Nc2nccc(-c3ccc(-c4cccc(OC)c4)s3)n2)CC(C)(C)N1. The first-order valence-corrected chi connectivity index (χ1v) is 10.5. The lowest BCUT2D eigenvalue weighted by Crippen LogP contribution is -2.48. The Bertz CT molecular complexity index is 1030. The third kappa shape index (κ3) is 4.59. The Labute approximate surface area is 175 Å². The molecule has 1 unspecified atom stereocenters. The van der Waals surface area contributed by atoms with E-state index in [1.165, 1.54) is 4.88 Å². The minimum Gasteiger partial charge on any atom is -0.497 e. The van der Waals surface area contributed by atoms with Gasteiger partial charge in [0.2, 0.25) is 5.95 Å². The lowest BCUT2D eigenvalue weighted by Gasteiger charge is -2.38. The number of nitrogens with one attached hydrogen (secondary N) is 2. The molecule has 2 aromatic heterocycles. The van der Waals surface area contributed by atoms with Crippen LogP contribution in [-0.4, -0.2) is 28.7 Å². The second-order valence-corrected chi connectivity index (χ2v) is 9.11. The van der Waals surface area contributed by atoms with Crippen molar-refractivity contribution in [1.29, 1.82) is 0 Å². The molecule has 1 aliphatic heterocycles. The number of hydrogen-bond acceptors (Lipinski definition) is 6. The molecule has 1 saturated heterocycles. The summed E-state index contributed by atoms with van der Waals surface area (Å²) in [6.45, 7) is 8.49. The summed E-state index contributed by atoms with van der Waals surface area (Å²) in [7, 11) is 1.69. The fraction of sp³-hybridized carbons (Fsp3) is 0.304. The van der Waals surface area contributed by atoms with Crippen LogP contribution < -0.4 is 15.4 Å². The summed E-state index contributed by atoms with van der Waals surface area (Å²) < 4.78 is 5.34. The highest BCUT2D eigenvalue weighted by molar-refractivity contribution is 7.18. The molecule has 1 fully saturated rings. The number of rotatable bonds is 5. The minimum absolute atomic E-state index is 0.0179. The maximum atomic E-state index is 5.34. The first-order chi connectivity index (χ1) is 13.9. The van der Waals surface area contributed by atoms with E-state index in [0.29, 0.717) is 5.95 Å². The number of piperidine rings is 1. The predicted octanol–water partition coefficient (Wildman–Crippen LogP) is 5.34. The molecule has 2 N–H and O–H groups in total. The van der Waals surface area contributed by atoms with Crippen molar-refractivity contribution in [3.63, 3.8) is 0 Å². The minimum atomic E-state index is 0.0179. The number of nitrogens with zero attached hydrogens (tertiary/aromatic N) is 2. The highest BCUT2D eigenvalue weighted by atomic mass is 32.1. The maximum Gasteiger partial charge on any atom is 0.223 e. The van der Waals surface area contributed by atoms with E-state index in [1.54, 1.807) is 18.4 Å². The molecule has 6 heteroatoms. The van der Waals surface area contributed by atoms with Crippen molar-refractivity contribution < 1.29 is 4.74 Å². The van der Waals surface area contributed by atoms with E-state index in [1.807, 2.05) is 30.5 Å². The third-order valence-corrected chi connectivity index (χ3v) is 6.12. The predicted molar refractivity (Wildman–Crippen MR) is 120 cm³/mol. The molecule has 0 amide bonds. The van der Waals surface area contributed by atoms with Gasteiger partial charge in [-0.1, -0.05) is 18.7 Å². The van der Waals surface area contributed by atoms with Gasteiger partial charge in [-0.2, -0.15) is 0 Å². The van der Waals surface area contributed by atoms with E-state index in [4.69, 9.17) is 9.72 Å². The number of methoxy groups -OCH3 is 1. The van der Waals surface area contributed by atoms with Crippen molar-refractivity contribution in [3.05, 3.63) is 60.9 Å². The monoisotopic (exact) mass is 406 g/mol. The molecule has 5 nitrogen and oxygen atoms in total. The first kappa shape index (κ1) is 19.5. The topological polar surface area (TPSA) is 59.1 Å². The summed E-state index contributed by atoms with van der Waals surface area (Å²) in [5, 5.41) is 6.95. The molecule has 0 spiro atoms. The largest absolute Gasteiger partial charge is 0.497 e. The Hall–Kier alpha value is -2.86. The van der Waals surface area contributed by atoms with Crippen LogP contribution in [0.25, 0.3) is 21.0 Å². The van der Waals surface area contributed by atoms with Crippen LogP contribution in [0.3, 0.4) is 0 Å². The summed E-state index contributed by atoms with van der Waals surface area (Å²) in [4.78, 5) is 11.5. The quantitative estimate of drug-likeness (QED) is 0.599. The lowest BCUT2D eigenvalue weighted by atomic mass is 9.88. The van der Waals surface area contributed by atoms with Crippen LogP contribution >= 0.6 is 11.3 Å². The van der Waals surface area contributed by atoms with Gasteiger partial charge < -0.3 is 15.4 Å². The zero-order valence-corrected chi connectivity index (χ0v) is 17.8. The van der Waals surface area contributed by atoms with Gasteiger partial charge >= 0.3 is 0 Å². The number of aromatic nitrogens is 2. The van der Waals surface area contributed by atoms with Crippen LogP contribution in [0, 0.1) is 0 Å². The molecule has 150 valence electrons. The average molecular weight is 407 g/mol. The van der Waals surface area contributed by atoms with Gasteiger partial charge in [-0.15, -0.1) is 11.3 Å². The zero-order chi connectivity index (χ0) is 20.4. The highest BCUT2D eigenvalue weighted by Gasteiger charge is 2.29. The van der Waals surface area contributed by atoms with Crippen LogP contribution in [0.5, 0.6) is 5.75 Å². The van der Waals surface area contributed by atoms with E-state index in [-0.39, 0.29) is 11.6 Å². The number of anilines is 1. The molecular weight excluding hydrogens is 380 g/mol. The maximum absolute atomic E-state index is 5.34. The van der Waals surface area contributed by atoms with Crippen molar-refractivity contribution >= 4 is 17.3 Å². The Balaban J connectivity index is 1.53. The molecule has 29 heavy (non-hydrogen) atoms. The average Bonchev–Trinajstić information content (AvgIpc) is 3.17. The van der Waals surface area contributed by atoms with Gasteiger partial charge in [0.15, 0.2) is 0 Å². The van der Waals surface area contributed by atoms with Crippen LogP contribution in [0.2, 0.25) is 0 Å². The van der Waals surface area contributed by atoms with Crippen LogP contribution in [0.1, 0.15) is 26.7 Å². The van der Waals surface area contributed by atoms with Crippen molar-refractivity contribution in [1.82, 2.24) is 15.3 Å². The summed E-state index contributed by atoms with van der Waals surface area (Å²) in [6.07, 6.45) is 3.67. The number of benzene rings is 1. The number of thiophene rings is 1. The summed E-state index contributed by atoms with van der Waals surface area (Å²) in [5.41, 5.74) is 3.14. The summed E-state index contributed by atoms with van der Waals surface area (Å²) >= 11 is 1.72. The highest BCUT2D eigenvalue weighted by Crippen LogP contribution is 2.35. The second kappa shape index (κ2) is 7.87. The second-order valence-electron chi connectivity index (χ2n) is 8.02. The normalized spacial score (nSPS) is 18.2. The van der Waals surface area contributed by atoms with Gasteiger partial charge in [0.25, 0.3) is 0 Å². The smallest absolute Gasteiger partial charge is 0.223 e. The van der Waals surface area contributed by atoms with E-state index in [2.05, 4.69) is 54.2 Å². The molecule has 3 heterocycles. The van der Waals surface area contributed by atoms with Gasteiger partial charge in [0.1, 0.15) is 5.75 Å². The molecule has 4 rings (SSSR count). The Morgan fingerprint density at radius 1 is 1.21 bits per heavy atom. The van der Waals surface area contributed by atoms with Crippen molar-refractivity contribution in [2.24, 2.45) is 0 Å². The standard InChI is InChI=1S/C23H26N4OS/c1-15-12-17(14-23(2,3)27-15)25-22-24-11-10-19(26-22)21-9-8-20(29-21)16-6-5-7-18(13-16)28-4/h5-11,13,17,27H,1,12,14H2,2-4H3,(H,24,25,26). The molecule has 0 bridgehead atoms. The van der Waals surface area contributed by atoms with E-state index >= 15 is 0 Å². The molecule has 0 radical (unpaired) electrons. The van der Waals surface area contributed by atoms with Crippen LogP contribution in [0.4, 0.5) is 5.95 Å². The Morgan fingerprint density at radius 3 is 2.83 bits per heavy atom. The lowest BCUT2D eigenvalue weighted by molar-refractivity contribution is 0.324. The number of hydrogen-bond donors (Lipinski definition) is 2. The number of ether oxygens (including phenoxy) is 1. The summed E-state index contributed by atoms with van der Waals surface area (Å²) in [6, 6.07) is 14.6. The fourth-order valence-electron chi connectivity index (χ4n) is 3.82. The molecule has 1 atom stereocenters. The van der Waals surface area contributed by atoms with Gasteiger partial charge in [0, 0.05) is 34.8 Å². The Morgan fingerprint density at radius 2 is 2.03 bits per heavy atom. The molecule has 0 saturated carbocycles. The van der Waals surface area contributed by atoms with Crippen LogP contribution in [0.15, 0.2) is 60.9 Å². The molecule has 3 aromatic rings. The van der Waals surface area contributed by atoms with Gasteiger partial charge in [-0.3, -0.25) is 0 Å².